The highest BCUT2D eigenvalue weighted by atomic mass is 16.5. The number of nitrogens with zero attached hydrogens (tertiary/aromatic N) is 2. The van der Waals surface area contributed by atoms with Gasteiger partial charge in [0.25, 0.3) is 5.56 Å². The Balaban J connectivity index is 2.29. The molecule has 0 unspecified atom stereocenters. The average molecular weight is 269 g/mol. The molecule has 0 bridgehead atoms. The van der Waals surface area contributed by atoms with E-state index in [0.29, 0.717) is 13.1 Å². The van der Waals surface area contributed by atoms with E-state index < -0.39 is 0 Å². The van der Waals surface area contributed by atoms with Crippen LogP contribution in [-0.2, 0) is 18.3 Å². The molecule has 0 atom stereocenters. The maximum Gasteiger partial charge on any atom is 0.330 e. The minimum Gasteiger partial charge on any atom is -0.379 e. The van der Waals surface area contributed by atoms with Gasteiger partial charge in [-0.25, -0.2) is 4.79 Å². The standard InChI is InChI=1S/C13H23N3O3/c1-11(2)19-10-4-6-14-7-9-16-12(17)5-8-15(3)13(16)18/h5,8,11,14H,4,6-7,9-10H2,1-3H3. The van der Waals surface area contributed by atoms with Crippen LogP contribution in [0.1, 0.15) is 20.3 Å². The van der Waals surface area contributed by atoms with Gasteiger partial charge in [0.05, 0.1) is 6.10 Å². The van der Waals surface area contributed by atoms with Crippen molar-refractivity contribution in [1.29, 1.82) is 0 Å². The normalized spacial score (nSPS) is 11.2. The Morgan fingerprint density at radius 2 is 2.05 bits per heavy atom. The maximum absolute atomic E-state index is 11.7. The predicted octanol–water partition coefficient (Wildman–Crippen LogP) is -0.0483. The lowest BCUT2D eigenvalue weighted by Crippen LogP contribution is -2.40. The van der Waals surface area contributed by atoms with Crippen molar-refractivity contribution in [3.8, 4) is 0 Å². The van der Waals surface area contributed by atoms with Crippen molar-refractivity contribution in [2.45, 2.75) is 32.9 Å². The first-order chi connectivity index (χ1) is 9.02. The molecule has 1 N–H and O–H groups in total. The molecule has 1 aromatic heterocycles. The Bertz CT molecular complexity index is 491. The summed E-state index contributed by atoms with van der Waals surface area (Å²) in [5.41, 5.74) is -0.537. The predicted molar refractivity (Wildman–Crippen MR) is 74.5 cm³/mol. The van der Waals surface area contributed by atoms with Crippen LogP contribution in [0.15, 0.2) is 21.9 Å². The fraction of sp³-hybridized carbons (Fsp3) is 0.692. The van der Waals surface area contributed by atoms with Crippen molar-refractivity contribution in [2.24, 2.45) is 7.05 Å². The molecule has 0 saturated heterocycles. The van der Waals surface area contributed by atoms with E-state index in [0.717, 1.165) is 19.6 Å². The van der Waals surface area contributed by atoms with Gasteiger partial charge in [0.1, 0.15) is 0 Å². The largest absolute Gasteiger partial charge is 0.379 e. The van der Waals surface area contributed by atoms with Gasteiger partial charge < -0.3 is 14.6 Å². The van der Waals surface area contributed by atoms with Crippen LogP contribution in [0.2, 0.25) is 0 Å². The van der Waals surface area contributed by atoms with Crippen LogP contribution in [0.25, 0.3) is 0 Å². The molecule has 0 fully saturated rings. The molecule has 19 heavy (non-hydrogen) atoms. The lowest BCUT2D eigenvalue weighted by atomic mass is 10.4. The molecule has 6 nitrogen and oxygen atoms in total. The van der Waals surface area contributed by atoms with E-state index in [1.54, 1.807) is 7.05 Å². The number of hydrogen-bond donors (Lipinski definition) is 1. The van der Waals surface area contributed by atoms with Crippen molar-refractivity contribution in [3.05, 3.63) is 33.1 Å². The van der Waals surface area contributed by atoms with Crippen LogP contribution in [0.5, 0.6) is 0 Å². The molecule has 6 heteroatoms. The molecule has 0 radical (unpaired) electrons. The van der Waals surface area contributed by atoms with Crippen LogP contribution in [0.3, 0.4) is 0 Å². The Morgan fingerprint density at radius 3 is 2.74 bits per heavy atom. The highest BCUT2D eigenvalue weighted by Gasteiger charge is 2.01. The molecule has 108 valence electrons. The van der Waals surface area contributed by atoms with Gasteiger partial charge in [0.2, 0.25) is 0 Å². The fourth-order valence-electron chi connectivity index (χ4n) is 1.65. The van der Waals surface area contributed by atoms with Gasteiger partial charge in [0, 0.05) is 39.0 Å². The molecule has 0 aromatic carbocycles. The van der Waals surface area contributed by atoms with E-state index in [2.05, 4.69) is 5.32 Å². The Kier molecular flexibility index (Phi) is 6.52. The van der Waals surface area contributed by atoms with Crippen LogP contribution in [-0.4, -0.2) is 34.9 Å². The first-order valence-electron chi connectivity index (χ1n) is 6.61. The third kappa shape index (κ3) is 5.40. The summed E-state index contributed by atoms with van der Waals surface area (Å²) in [6, 6.07) is 1.40. The number of ether oxygens (including phenoxy) is 1. The molecule has 0 spiro atoms. The minimum atomic E-state index is -0.280. The van der Waals surface area contributed by atoms with Crippen LogP contribution in [0, 0.1) is 0 Å². The first kappa shape index (κ1) is 15.7. The van der Waals surface area contributed by atoms with Crippen molar-refractivity contribution >= 4 is 0 Å². The molecule has 0 aliphatic heterocycles. The molecule has 0 amide bonds. The summed E-state index contributed by atoms with van der Waals surface area (Å²) in [7, 11) is 1.63. The Morgan fingerprint density at radius 1 is 1.32 bits per heavy atom. The summed E-state index contributed by atoms with van der Waals surface area (Å²) in [6.07, 6.45) is 2.66. The van der Waals surface area contributed by atoms with Gasteiger partial charge >= 0.3 is 5.69 Å². The first-order valence-corrected chi connectivity index (χ1v) is 6.61. The molecular formula is C13H23N3O3. The highest BCUT2D eigenvalue weighted by molar-refractivity contribution is 4.85. The topological polar surface area (TPSA) is 65.3 Å². The summed E-state index contributed by atoms with van der Waals surface area (Å²) in [4.78, 5) is 23.2. The van der Waals surface area contributed by atoms with E-state index in [9.17, 15) is 9.59 Å². The molecule has 0 aliphatic rings. The molecular weight excluding hydrogens is 246 g/mol. The smallest absolute Gasteiger partial charge is 0.330 e. The van der Waals surface area contributed by atoms with Gasteiger partial charge in [-0.05, 0) is 26.8 Å². The van der Waals surface area contributed by atoms with Crippen LogP contribution >= 0.6 is 0 Å². The third-order valence-corrected chi connectivity index (χ3v) is 2.70. The van der Waals surface area contributed by atoms with Crippen molar-refractivity contribution < 1.29 is 4.74 Å². The third-order valence-electron chi connectivity index (χ3n) is 2.70. The van der Waals surface area contributed by atoms with Crippen molar-refractivity contribution in [1.82, 2.24) is 14.5 Å². The lowest BCUT2D eigenvalue weighted by molar-refractivity contribution is 0.0771. The van der Waals surface area contributed by atoms with E-state index in [1.165, 1.54) is 21.4 Å². The highest BCUT2D eigenvalue weighted by Crippen LogP contribution is 1.88. The van der Waals surface area contributed by atoms with Crippen LogP contribution < -0.4 is 16.6 Å². The summed E-state index contributed by atoms with van der Waals surface area (Å²) in [5.74, 6) is 0. The monoisotopic (exact) mass is 269 g/mol. The zero-order chi connectivity index (χ0) is 14.3. The summed E-state index contributed by atoms with van der Waals surface area (Å²) < 4.78 is 8.05. The summed E-state index contributed by atoms with van der Waals surface area (Å²) in [6.45, 7) is 6.53. The zero-order valence-corrected chi connectivity index (χ0v) is 11.9. The SMILES string of the molecule is CC(C)OCCCNCCn1c(=O)ccn(C)c1=O. The second kappa shape index (κ2) is 7.91. The van der Waals surface area contributed by atoms with Gasteiger partial charge in [-0.15, -0.1) is 0 Å². The maximum atomic E-state index is 11.7. The molecule has 0 aliphatic carbocycles. The number of nitrogens with one attached hydrogen (secondary N) is 1. The Labute approximate surface area is 113 Å². The van der Waals surface area contributed by atoms with Crippen molar-refractivity contribution in [2.75, 3.05) is 19.7 Å². The van der Waals surface area contributed by atoms with Crippen LogP contribution in [0.4, 0.5) is 0 Å². The second-order valence-corrected chi connectivity index (χ2v) is 4.72. The number of aryl methyl sites for hydroxylation is 1. The number of rotatable bonds is 8. The minimum absolute atomic E-state index is 0.255. The van der Waals surface area contributed by atoms with E-state index >= 15 is 0 Å². The molecule has 0 saturated carbocycles. The molecule has 1 heterocycles. The molecule has 1 aromatic rings. The van der Waals surface area contributed by atoms with E-state index in [-0.39, 0.29) is 17.4 Å². The van der Waals surface area contributed by atoms with Gasteiger partial charge in [0.15, 0.2) is 0 Å². The summed E-state index contributed by atoms with van der Waals surface area (Å²) in [5, 5.41) is 3.19. The molecule has 1 rings (SSSR count). The number of hydrogen-bond acceptors (Lipinski definition) is 4. The lowest BCUT2D eigenvalue weighted by Gasteiger charge is -2.09. The van der Waals surface area contributed by atoms with E-state index in [4.69, 9.17) is 4.74 Å². The Hall–Kier alpha value is -1.40. The average Bonchev–Trinajstić information content (AvgIpc) is 2.36. The van der Waals surface area contributed by atoms with Gasteiger partial charge in [-0.2, -0.15) is 0 Å². The van der Waals surface area contributed by atoms with Crippen molar-refractivity contribution in [3.63, 3.8) is 0 Å². The second-order valence-electron chi connectivity index (χ2n) is 4.72. The van der Waals surface area contributed by atoms with E-state index in [1.807, 2.05) is 13.8 Å². The van der Waals surface area contributed by atoms with Gasteiger partial charge in [-0.3, -0.25) is 9.36 Å². The zero-order valence-electron chi connectivity index (χ0n) is 11.9. The van der Waals surface area contributed by atoms with Gasteiger partial charge in [-0.1, -0.05) is 0 Å². The number of aromatic nitrogens is 2. The fourth-order valence-corrected chi connectivity index (χ4v) is 1.65. The quantitative estimate of drug-likeness (QED) is 0.672. The summed E-state index contributed by atoms with van der Waals surface area (Å²) >= 11 is 0.